The van der Waals surface area contributed by atoms with E-state index in [0.29, 0.717) is 6.04 Å². The largest absolute Gasteiger partial charge is 0.328 e. The summed E-state index contributed by atoms with van der Waals surface area (Å²) in [5.41, 5.74) is 6.19. The number of hydrogen-bond acceptors (Lipinski definition) is 2. The van der Waals surface area contributed by atoms with Gasteiger partial charge in [-0.2, -0.15) is 0 Å². The number of piperidine rings is 1. The highest BCUT2D eigenvalue weighted by Gasteiger charge is 2.46. The second kappa shape index (κ2) is 4.55. The van der Waals surface area contributed by atoms with E-state index >= 15 is 0 Å². The molecule has 1 aliphatic carbocycles. The van der Waals surface area contributed by atoms with E-state index in [1.807, 2.05) is 0 Å². The molecule has 2 heterocycles. The molecule has 17 heavy (non-hydrogen) atoms. The fourth-order valence-corrected chi connectivity index (χ4v) is 4.99. The summed E-state index contributed by atoms with van der Waals surface area (Å²) in [6, 6.07) is 2.97. The maximum absolute atomic E-state index is 6.19. The molecular weight excluding hydrogens is 208 g/mol. The van der Waals surface area contributed by atoms with E-state index in [-0.39, 0.29) is 0 Å². The zero-order chi connectivity index (χ0) is 12.0. The van der Waals surface area contributed by atoms with E-state index in [4.69, 9.17) is 5.73 Å². The van der Waals surface area contributed by atoms with E-state index in [1.165, 1.54) is 44.9 Å². The van der Waals surface area contributed by atoms with Crippen LogP contribution >= 0.6 is 0 Å². The zero-order valence-electron chi connectivity index (χ0n) is 11.4. The van der Waals surface area contributed by atoms with Crippen LogP contribution in [0.5, 0.6) is 0 Å². The summed E-state index contributed by atoms with van der Waals surface area (Å²) in [6.07, 6.45) is 9.66. The Morgan fingerprint density at radius 3 is 1.94 bits per heavy atom. The molecule has 3 rings (SSSR count). The van der Waals surface area contributed by atoms with Gasteiger partial charge in [-0.05, 0) is 50.4 Å². The second-order valence-electron chi connectivity index (χ2n) is 6.94. The van der Waals surface area contributed by atoms with Crippen LogP contribution in [0, 0.1) is 11.8 Å². The Labute approximate surface area is 106 Å². The van der Waals surface area contributed by atoms with Crippen LogP contribution in [0.25, 0.3) is 0 Å². The van der Waals surface area contributed by atoms with Crippen molar-refractivity contribution in [2.75, 3.05) is 0 Å². The highest BCUT2D eigenvalue weighted by molar-refractivity contribution is 5.02. The molecule has 2 saturated heterocycles. The Bertz CT molecular complexity index is 254. The minimum Gasteiger partial charge on any atom is -0.328 e. The molecule has 1 saturated carbocycles. The second-order valence-corrected chi connectivity index (χ2v) is 6.94. The molecule has 3 aliphatic rings. The van der Waals surface area contributed by atoms with Gasteiger partial charge in [0.2, 0.25) is 0 Å². The van der Waals surface area contributed by atoms with Gasteiger partial charge in [0.15, 0.2) is 0 Å². The van der Waals surface area contributed by atoms with Crippen molar-refractivity contribution >= 4 is 0 Å². The van der Waals surface area contributed by atoms with Gasteiger partial charge in [-0.15, -0.1) is 0 Å². The monoisotopic (exact) mass is 236 g/mol. The van der Waals surface area contributed by atoms with Gasteiger partial charge in [0, 0.05) is 24.2 Å². The van der Waals surface area contributed by atoms with Crippen LogP contribution in [-0.2, 0) is 0 Å². The predicted octanol–water partition coefficient (Wildman–Crippen LogP) is 2.77. The number of rotatable bonds is 1. The highest BCUT2D eigenvalue weighted by atomic mass is 15.3. The van der Waals surface area contributed by atoms with Crippen LogP contribution in [0.1, 0.15) is 58.8 Å². The average molecular weight is 236 g/mol. The van der Waals surface area contributed by atoms with E-state index in [9.17, 15) is 0 Å². The number of fused-ring (bicyclic) bond motifs is 2. The van der Waals surface area contributed by atoms with Gasteiger partial charge in [0.1, 0.15) is 0 Å². The van der Waals surface area contributed by atoms with Crippen molar-refractivity contribution < 1.29 is 0 Å². The molecule has 3 fully saturated rings. The third kappa shape index (κ3) is 2.04. The molecule has 0 aromatic heterocycles. The van der Waals surface area contributed by atoms with Crippen molar-refractivity contribution in [3.63, 3.8) is 0 Å². The lowest BCUT2D eigenvalue weighted by atomic mass is 9.76. The van der Waals surface area contributed by atoms with Crippen LogP contribution < -0.4 is 5.73 Å². The molecule has 2 bridgehead atoms. The molecule has 4 atom stereocenters. The smallest absolute Gasteiger partial charge is 0.0152 e. The molecule has 98 valence electrons. The van der Waals surface area contributed by atoms with Crippen molar-refractivity contribution in [2.45, 2.75) is 83.0 Å². The molecule has 2 nitrogen and oxygen atoms in total. The summed E-state index contributed by atoms with van der Waals surface area (Å²) >= 11 is 0. The summed E-state index contributed by atoms with van der Waals surface area (Å²) in [5.74, 6) is 1.80. The molecule has 2 N–H and O–H groups in total. The number of nitrogens with two attached hydrogens (primary N) is 1. The van der Waals surface area contributed by atoms with Gasteiger partial charge in [-0.3, -0.25) is 4.90 Å². The quantitative estimate of drug-likeness (QED) is 0.758. The first-order valence-electron chi connectivity index (χ1n) is 7.70. The van der Waals surface area contributed by atoms with Gasteiger partial charge < -0.3 is 5.73 Å². The van der Waals surface area contributed by atoms with Gasteiger partial charge in [0.25, 0.3) is 0 Å². The van der Waals surface area contributed by atoms with Gasteiger partial charge in [0.05, 0.1) is 0 Å². The lowest BCUT2D eigenvalue weighted by Gasteiger charge is -2.49. The summed E-state index contributed by atoms with van der Waals surface area (Å²) < 4.78 is 0. The van der Waals surface area contributed by atoms with Crippen LogP contribution in [-0.4, -0.2) is 29.1 Å². The fraction of sp³-hybridized carbons (Fsp3) is 1.00. The molecule has 0 spiro atoms. The van der Waals surface area contributed by atoms with Crippen molar-refractivity contribution in [1.82, 2.24) is 4.90 Å². The normalized spacial score (nSPS) is 51.7. The van der Waals surface area contributed by atoms with Gasteiger partial charge >= 0.3 is 0 Å². The Hall–Kier alpha value is -0.0800. The van der Waals surface area contributed by atoms with Gasteiger partial charge in [-0.25, -0.2) is 0 Å². The lowest BCUT2D eigenvalue weighted by Crippen LogP contribution is -2.56. The van der Waals surface area contributed by atoms with Crippen LogP contribution in [0.15, 0.2) is 0 Å². The Morgan fingerprint density at radius 2 is 1.41 bits per heavy atom. The Kier molecular flexibility index (Phi) is 3.20. The third-order valence-corrected chi connectivity index (χ3v) is 5.66. The molecule has 4 unspecified atom stereocenters. The Balaban J connectivity index is 1.79. The summed E-state index contributed by atoms with van der Waals surface area (Å²) in [5, 5.41) is 0. The van der Waals surface area contributed by atoms with Crippen molar-refractivity contribution in [1.29, 1.82) is 0 Å². The maximum Gasteiger partial charge on any atom is 0.0152 e. The predicted molar refractivity (Wildman–Crippen MR) is 71.8 cm³/mol. The average Bonchev–Trinajstić information content (AvgIpc) is 2.54. The van der Waals surface area contributed by atoms with Crippen molar-refractivity contribution in [3.05, 3.63) is 0 Å². The number of nitrogens with zero attached hydrogens (tertiary/aromatic N) is 1. The standard InChI is InChI=1S/C15H28N2/c1-10-4-3-5-11(2)15(10)17-13-6-7-14(17)9-12(16)8-13/h10-15H,3-9,16H2,1-2H3. The van der Waals surface area contributed by atoms with E-state index < -0.39 is 0 Å². The fourth-order valence-electron chi connectivity index (χ4n) is 4.99. The van der Waals surface area contributed by atoms with Crippen LogP contribution in [0.3, 0.4) is 0 Å². The molecule has 0 aromatic carbocycles. The molecular formula is C15H28N2. The van der Waals surface area contributed by atoms with Crippen molar-refractivity contribution in [2.24, 2.45) is 17.6 Å². The molecule has 2 aliphatic heterocycles. The van der Waals surface area contributed by atoms with Gasteiger partial charge in [-0.1, -0.05) is 20.3 Å². The third-order valence-electron chi connectivity index (χ3n) is 5.66. The molecule has 0 amide bonds. The summed E-state index contributed by atoms with van der Waals surface area (Å²) in [7, 11) is 0. The highest BCUT2D eigenvalue weighted by Crippen LogP contribution is 2.43. The van der Waals surface area contributed by atoms with E-state index in [2.05, 4.69) is 18.7 Å². The summed E-state index contributed by atoms with van der Waals surface area (Å²) in [6.45, 7) is 4.96. The first-order valence-corrected chi connectivity index (χ1v) is 7.70. The minimum atomic E-state index is 0.484. The lowest BCUT2D eigenvalue weighted by molar-refractivity contribution is 0.00304. The number of hydrogen-bond donors (Lipinski definition) is 1. The zero-order valence-corrected chi connectivity index (χ0v) is 11.4. The van der Waals surface area contributed by atoms with E-state index in [1.54, 1.807) is 0 Å². The Morgan fingerprint density at radius 1 is 0.882 bits per heavy atom. The first kappa shape index (κ1) is 12.0. The topological polar surface area (TPSA) is 29.3 Å². The maximum atomic E-state index is 6.19. The van der Waals surface area contributed by atoms with E-state index in [0.717, 1.165) is 30.0 Å². The van der Waals surface area contributed by atoms with Crippen LogP contribution in [0.2, 0.25) is 0 Å². The van der Waals surface area contributed by atoms with Crippen molar-refractivity contribution in [3.8, 4) is 0 Å². The first-order chi connectivity index (χ1) is 8.16. The SMILES string of the molecule is CC1CCCC(C)C1N1C2CCC1CC(N)C2. The molecule has 2 heteroatoms. The van der Waals surface area contributed by atoms with Crippen LogP contribution in [0.4, 0.5) is 0 Å². The molecule has 0 aromatic rings. The molecule has 0 radical (unpaired) electrons. The minimum absolute atomic E-state index is 0.484. The summed E-state index contributed by atoms with van der Waals surface area (Å²) in [4.78, 5) is 2.91.